The zero-order valence-corrected chi connectivity index (χ0v) is 11.0. The van der Waals surface area contributed by atoms with E-state index in [-0.39, 0.29) is 5.82 Å². The van der Waals surface area contributed by atoms with Gasteiger partial charge in [0.1, 0.15) is 5.82 Å². The average Bonchev–Trinajstić information content (AvgIpc) is 2.99. The molecule has 3 heteroatoms. The molecule has 0 N–H and O–H groups in total. The van der Waals surface area contributed by atoms with E-state index < -0.39 is 0 Å². The zero-order chi connectivity index (χ0) is 12.5. The number of likely N-dealkylation sites (tertiary alicyclic amines) is 1. The maximum absolute atomic E-state index is 14.0. The first-order valence-electron chi connectivity index (χ1n) is 6.99. The van der Waals surface area contributed by atoms with E-state index in [4.69, 9.17) is 0 Å². The minimum atomic E-state index is -0.0722. The van der Waals surface area contributed by atoms with E-state index in [0.29, 0.717) is 6.04 Å². The molecule has 2 heterocycles. The van der Waals surface area contributed by atoms with E-state index in [1.54, 1.807) is 6.07 Å². The molecule has 0 amide bonds. The van der Waals surface area contributed by atoms with E-state index >= 15 is 0 Å². The van der Waals surface area contributed by atoms with Crippen molar-refractivity contribution in [1.82, 2.24) is 4.90 Å². The number of rotatable bonds is 2. The van der Waals surface area contributed by atoms with Crippen molar-refractivity contribution >= 4 is 5.69 Å². The summed E-state index contributed by atoms with van der Waals surface area (Å²) in [6.07, 6.45) is 3.83. The fourth-order valence-electron chi connectivity index (χ4n) is 3.23. The highest BCUT2D eigenvalue weighted by Crippen LogP contribution is 2.27. The van der Waals surface area contributed by atoms with Crippen LogP contribution in [0.3, 0.4) is 0 Å². The van der Waals surface area contributed by atoms with E-state index in [2.05, 4.69) is 9.80 Å². The van der Waals surface area contributed by atoms with Gasteiger partial charge in [-0.3, -0.25) is 4.90 Å². The van der Waals surface area contributed by atoms with Crippen molar-refractivity contribution in [2.24, 2.45) is 0 Å². The molecular formula is C15H21FN2. The summed E-state index contributed by atoms with van der Waals surface area (Å²) in [5, 5.41) is 0. The lowest BCUT2D eigenvalue weighted by atomic mass is 10.2. The molecule has 1 unspecified atom stereocenters. The van der Waals surface area contributed by atoms with Gasteiger partial charge in [-0.05, 0) is 57.0 Å². The van der Waals surface area contributed by atoms with Gasteiger partial charge in [-0.2, -0.15) is 0 Å². The minimum Gasteiger partial charge on any atom is -0.368 e. The van der Waals surface area contributed by atoms with Crippen LogP contribution < -0.4 is 4.90 Å². The Bertz CT molecular complexity index is 427. The Morgan fingerprint density at radius 3 is 2.67 bits per heavy atom. The monoisotopic (exact) mass is 248 g/mol. The molecular weight excluding hydrogens is 227 g/mol. The summed E-state index contributed by atoms with van der Waals surface area (Å²) in [5.74, 6) is -0.0722. The van der Waals surface area contributed by atoms with Crippen molar-refractivity contribution < 1.29 is 4.39 Å². The van der Waals surface area contributed by atoms with Crippen LogP contribution in [0.2, 0.25) is 0 Å². The van der Waals surface area contributed by atoms with Crippen molar-refractivity contribution in [3.05, 3.63) is 29.6 Å². The summed E-state index contributed by atoms with van der Waals surface area (Å²) < 4.78 is 14.0. The molecule has 0 bridgehead atoms. The predicted molar refractivity (Wildman–Crippen MR) is 72.6 cm³/mol. The number of hydrogen-bond acceptors (Lipinski definition) is 2. The van der Waals surface area contributed by atoms with E-state index in [9.17, 15) is 4.39 Å². The molecule has 2 saturated heterocycles. The number of benzene rings is 1. The Hall–Kier alpha value is -1.09. The summed E-state index contributed by atoms with van der Waals surface area (Å²) in [6.45, 7) is 6.37. The number of aryl methyl sites for hydroxylation is 1. The molecule has 1 atom stereocenters. The van der Waals surface area contributed by atoms with Gasteiger partial charge < -0.3 is 4.90 Å². The van der Waals surface area contributed by atoms with Crippen LogP contribution >= 0.6 is 0 Å². The molecule has 2 nitrogen and oxygen atoms in total. The Balaban J connectivity index is 1.71. The molecule has 18 heavy (non-hydrogen) atoms. The maximum Gasteiger partial charge on any atom is 0.146 e. The van der Waals surface area contributed by atoms with Crippen LogP contribution in [-0.4, -0.2) is 37.1 Å². The smallest absolute Gasteiger partial charge is 0.146 e. The normalized spacial score (nSPS) is 25.0. The SMILES string of the molecule is Cc1ccc(N2CCC(N3CCCC3)C2)c(F)c1. The maximum atomic E-state index is 14.0. The molecule has 0 aliphatic carbocycles. The van der Waals surface area contributed by atoms with Crippen molar-refractivity contribution in [3.8, 4) is 0 Å². The van der Waals surface area contributed by atoms with Crippen LogP contribution in [0.15, 0.2) is 18.2 Å². The third kappa shape index (κ3) is 2.24. The topological polar surface area (TPSA) is 6.48 Å². The number of hydrogen-bond donors (Lipinski definition) is 0. The summed E-state index contributed by atoms with van der Waals surface area (Å²) in [7, 11) is 0. The number of halogens is 1. The fraction of sp³-hybridized carbons (Fsp3) is 0.600. The van der Waals surface area contributed by atoms with Crippen molar-refractivity contribution in [2.45, 2.75) is 32.2 Å². The first kappa shape index (κ1) is 12.0. The molecule has 98 valence electrons. The second-order valence-corrected chi connectivity index (χ2v) is 5.59. The fourth-order valence-corrected chi connectivity index (χ4v) is 3.23. The van der Waals surface area contributed by atoms with Crippen molar-refractivity contribution in [3.63, 3.8) is 0 Å². The summed E-state index contributed by atoms with van der Waals surface area (Å²) in [6, 6.07) is 6.20. The van der Waals surface area contributed by atoms with Crippen molar-refractivity contribution in [2.75, 3.05) is 31.1 Å². The van der Waals surface area contributed by atoms with Gasteiger partial charge in [0.05, 0.1) is 5.69 Å². The van der Waals surface area contributed by atoms with E-state index in [1.165, 1.54) is 32.4 Å². The van der Waals surface area contributed by atoms with E-state index in [1.807, 2.05) is 19.1 Å². The van der Waals surface area contributed by atoms with Gasteiger partial charge in [-0.25, -0.2) is 4.39 Å². The molecule has 1 aromatic carbocycles. The van der Waals surface area contributed by atoms with Crippen molar-refractivity contribution in [1.29, 1.82) is 0 Å². The van der Waals surface area contributed by atoms with Crippen LogP contribution in [0, 0.1) is 12.7 Å². The van der Waals surface area contributed by atoms with Crippen LogP contribution in [0.5, 0.6) is 0 Å². The average molecular weight is 248 g/mol. The Morgan fingerprint density at radius 1 is 1.17 bits per heavy atom. The van der Waals surface area contributed by atoms with E-state index in [0.717, 1.165) is 24.3 Å². The lowest BCUT2D eigenvalue weighted by Crippen LogP contribution is -2.35. The highest BCUT2D eigenvalue weighted by Gasteiger charge is 2.30. The molecule has 3 rings (SSSR count). The lowest BCUT2D eigenvalue weighted by Gasteiger charge is -2.24. The minimum absolute atomic E-state index is 0.0722. The molecule has 1 aromatic rings. The first-order chi connectivity index (χ1) is 8.74. The Morgan fingerprint density at radius 2 is 1.94 bits per heavy atom. The molecule has 2 fully saturated rings. The number of anilines is 1. The van der Waals surface area contributed by atoms with Gasteiger partial charge in [0.2, 0.25) is 0 Å². The molecule has 0 radical (unpaired) electrons. The standard InChI is InChI=1S/C15H21FN2/c1-12-4-5-15(14(16)10-12)18-9-6-13(11-18)17-7-2-3-8-17/h4-5,10,13H,2-3,6-9,11H2,1H3. The van der Waals surface area contributed by atoms with Crippen LogP contribution in [0.4, 0.5) is 10.1 Å². The molecule has 2 aliphatic rings. The predicted octanol–water partition coefficient (Wildman–Crippen LogP) is 2.81. The highest BCUT2D eigenvalue weighted by molar-refractivity contribution is 5.50. The van der Waals surface area contributed by atoms with Gasteiger partial charge in [0.15, 0.2) is 0 Å². The summed E-state index contributed by atoms with van der Waals surface area (Å²) in [4.78, 5) is 4.78. The summed E-state index contributed by atoms with van der Waals surface area (Å²) >= 11 is 0. The van der Waals surface area contributed by atoms with Gasteiger partial charge in [0.25, 0.3) is 0 Å². The third-order valence-electron chi connectivity index (χ3n) is 4.26. The first-order valence-corrected chi connectivity index (χ1v) is 6.99. The van der Waals surface area contributed by atoms with Crippen LogP contribution in [0.25, 0.3) is 0 Å². The van der Waals surface area contributed by atoms with Gasteiger partial charge in [-0.15, -0.1) is 0 Å². The quantitative estimate of drug-likeness (QED) is 0.794. The van der Waals surface area contributed by atoms with Gasteiger partial charge in [0, 0.05) is 19.1 Å². The van der Waals surface area contributed by atoms with Gasteiger partial charge >= 0.3 is 0 Å². The largest absolute Gasteiger partial charge is 0.368 e. The highest BCUT2D eigenvalue weighted by atomic mass is 19.1. The lowest BCUT2D eigenvalue weighted by molar-refractivity contribution is 0.260. The molecule has 0 spiro atoms. The molecule has 0 saturated carbocycles. The van der Waals surface area contributed by atoms with Crippen LogP contribution in [-0.2, 0) is 0 Å². The Labute approximate surface area is 108 Å². The zero-order valence-electron chi connectivity index (χ0n) is 11.0. The van der Waals surface area contributed by atoms with Crippen LogP contribution in [0.1, 0.15) is 24.8 Å². The summed E-state index contributed by atoms with van der Waals surface area (Å²) in [5.41, 5.74) is 1.77. The second kappa shape index (κ2) is 4.88. The van der Waals surface area contributed by atoms with Gasteiger partial charge in [-0.1, -0.05) is 6.07 Å². The Kier molecular flexibility index (Phi) is 3.25. The molecule has 0 aromatic heterocycles. The second-order valence-electron chi connectivity index (χ2n) is 5.59. The number of nitrogens with zero attached hydrogens (tertiary/aromatic N) is 2. The molecule has 2 aliphatic heterocycles. The third-order valence-corrected chi connectivity index (χ3v) is 4.26.